The van der Waals surface area contributed by atoms with Crippen LogP contribution in [0.1, 0.15) is 79.6 Å². The highest BCUT2D eigenvalue weighted by molar-refractivity contribution is 5.92. The van der Waals surface area contributed by atoms with Gasteiger partial charge in [-0.3, -0.25) is 14.4 Å². The van der Waals surface area contributed by atoms with Gasteiger partial charge in [-0.1, -0.05) is 51.3 Å². The zero-order valence-electron chi connectivity index (χ0n) is 19.2. The molecule has 0 aromatic carbocycles. The Morgan fingerprint density at radius 1 is 1.20 bits per heavy atom. The zero-order chi connectivity index (χ0) is 21.9. The van der Waals surface area contributed by atoms with Crippen molar-refractivity contribution >= 4 is 17.5 Å². The van der Waals surface area contributed by atoms with Crippen LogP contribution < -0.4 is 0 Å². The van der Waals surface area contributed by atoms with Gasteiger partial charge in [0, 0.05) is 24.2 Å². The summed E-state index contributed by atoms with van der Waals surface area (Å²) in [5.41, 5.74) is 2.26. The molecular formula is C26H36O4. The minimum Gasteiger partial charge on any atom is -0.458 e. The van der Waals surface area contributed by atoms with E-state index in [1.54, 1.807) is 0 Å². The van der Waals surface area contributed by atoms with Crippen molar-refractivity contribution in [1.82, 2.24) is 0 Å². The summed E-state index contributed by atoms with van der Waals surface area (Å²) in [6, 6.07) is 0. The molecule has 0 N–H and O–H groups in total. The Kier molecular flexibility index (Phi) is 5.14. The predicted molar refractivity (Wildman–Crippen MR) is 116 cm³/mol. The standard InChI is InChI=1S/C26H36O4/c1-6-17-14-22-20-8-7-18-13-19(28)9-11-24(18,3)21(20)10-12-25(22,4)26(17,5)23(29)15-30-16(2)27/h10,13,17,20,22H,6-9,11-12,14-15H2,1-5H3/t17-,20?,22?,24+,25+,26-/m1/s1. The second-order valence-corrected chi connectivity index (χ2v) is 10.7. The SMILES string of the molecule is CC[C@@H]1CC2C3CCC4=CC(=O)CC[C@]4(C)C3=CC[C@]2(C)[C@@]1(C)C(=O)COC(C)=O. The van der Waals surface area contributed by atoms with Gasteiger partial charge in [0.15, 0.2) is 18.2 Å². The number of ether oxygens (including phenoxy) is 1. The summed E-state index contributed by atoms with van der Waals surface area (Å²) in [6.45, 7) is 10.2. The lowest BCUT2D eigenvalue weighted by Gasteiger charge is -2.55. The van der Waals surface area contributed by atoms with Gasteiger partial charge in [0.1, 0.15) is 0 Å². The fraction of sp³-hybridized carbons (Fsp3) is 0.731. The summed E-state index contributed by atoms with van der Waals surface area (Å²) in [6.07, 6.45) is 10.9. The van der Waals surface area contributed by atoms with E-state index in [9.17, 15) is 14.4 Å². The van der Waals surface area contributed by atoms with Gasteiger partial charge in [-0.25, -0.2) is 0 Å². The van der Waals surface area contributed by atoms with Crippen LogP contribution in [-0.4, -0.2) is 24.1 Å². The molecule has 4 aliphatic carbocycles. The molecule has 0 saturated heterocycles. The van der Waals surface area contributed by atoms with Crippen LogP contribution in [0.25, 0.3) is 0 Å². The molecule has 4 heteroatoms. The highest BCUT2D eigenvalue weighted by atomic mass is 16.5. The van der Waals surface area contributed by atoms with Gasteiger partial charge in [0.25, 0.3) is 0 Å². The minimum absolute atomic E-state index is 0.0145. The van der Waals surface area contributed by atoms with Crippen LogP contribution in [0.3, 0.4) is 0 Å². The van der Waals surface area contributed by atoms with Crippen molar-refractivity contribution < 1.29 is 19.1 Å². The Labute approximate surface area is 180 Å². The number of allylic oxidation sites excluding steroid dienone is 4. The van der Waals surface area contributed by atoms with E-state index in [-0.39, 0.29) is 29.0 Å². The first kappa shape index (κ1) is 21.5. The van der Waals surface area contributed by atoms with Crippen LogP contribution in [-0.2, 0) is 19.1 Å². The summed E-state index contributed by atoms with van der Waals surface area (Å²) >= 11 is 0. The first-order valence-corrected chi connectivity index (χ1v) is 11.7. The monoisotopic (exact) mass is 412 g/mol. The maximum atomic E-state index is 13.4. The van der Waals surface area contributed by atoms with Gasteiger partial charge in [-0.05, 0) is 61.3 Å². The molecule has 0 aromatic rings. The Morgan fingerprint density at radius 3 is 2.60 bits per heavy atom. The molecule has 4 nitrogen and oxygen atoms in total. The summed E-state index contributed by atoms with van der Waals surface area (Å²) in [5, 5.41) is 0. The molecule has 4 aliphatic rings. The predicted octanol–water partition coefficient (Wildman–Crippen LogP) is 5.21. The molecule has 4 rings (SSSR count). The highest BCUT2D eigenvalue weighted by Gasteiger charge is 2.66. The van der Waals surface area contributed by atoms with Gasteiger partial charge >= 0.3 is 5.97 Å². The third kappa shape index (κ3) is 2.81. The Hall–Kier alpha value is -1.71. The molecular weight excluding hydrogens is 376 g/mol. The third-order valence-electron chi connectivity index (χ3n) is 9.75. The molecule has 2 saturated carbocycles. The van der Waals surface area contributed by atoms with Crippen molar-refractivity contribution in [3.8, 4) is 0 Å². The van der Waals surface area contributed by atoms with Gasteiger partial charge < -0.3 is 4.74 Å². The lowest BCUT2D eigenvalue weighted by atomic mass is 9.48. The summed E-state index contributed by atoms with van der Waals surface area (Å²) in [5.74, 6) is 1.22. The number of hydrogen-bond donors (Lipinski definition) is 0. The highest BCUT2D eigenvalue weighted by Crippen LogP contribution is 2.70. The van der Waals surface area contributed by atoms with Gasteiger partial charge in [0.05, 0.1) is 0 Å². The largest absolute Gasteiger partial charge is 0.458 e. The number of carbonyl (C=O) groups excluding carboxylic acids is 3. The first-order chi connectivity index (χ1) is 14.1. The Bertz CT molecular complexity index is 851. The van der Waals surface area contributed by atoms with Crippen molar-refractivity contribution in [2.45, 2.75) is 79.6 Å². The molecule has 0 radical (unpaired) electrons. The average molecular weight is 413 g/mol. The molecule has 0 bridgehead atoms. The van der Waals surface area contributed by atoms with Crippen LogP contribution in [0.15, 0.2) is 23.3 Å². The first-order valence-electron chi connectivity index (χ1n) is 11.7. The number of esters is 1. The molecule has 0 heterocycles. The zero-order valence-corrected chi connectivity index (χ0v) is 19.2. The van der Waals surface area contributed by atoms with E-state index in [1.807, 2.05) is 6.08 Å². The van der Waals surface area contributed by atoms with E-state index in [2.05, 4.69) is 33.8 Å². The summed E-state index contributed by atoms with van der Waals surface area (Å²) < 4.78 is 5.16. The Morgan fingerprint density at radius 2 is 1.93 bits per heavy atom. The van der Waals surface area contributed by atoms with E-state index in [0.29, 0.717) is 24.2 Å². The van der Waals surface area contributed by atoms with Crippen molar-refractivity contribution in [3.05, 3.63) is 23.3 Å². The number of carbonyl (C=O) groups is 3. The van der Waals surface area contributed by atoms with Crippen molar-refractivity contribution in [3.63, 3.8) is 0 Å². The topological polar surface area (TPSA) is 60.4 Å². The molecule has 0 aromatic heterocycles. The molecule has 6 atom stereocenters. The van der Waals surface area contributed by atoms with Gasteiger partial charge in [-0.2, -0.15) is 0 Å². The van der Waals surface area contributed by atoms with Crippen LogP contribution in [0, 0.1) is 34.0 Å². The number of rotatable bonds is 4. The van der Waals surface area contributed by atoms with Crippen LogP contribution in [0.4, 0.5) is 0 Å². The van der Waals surface area contributed by atoms with Crippen molar-refractivity contribution in [2.24, 2.45) is 34.0 Å². The molecule has 2 fully saturated rings. The number of hydrogen-bond acceptors (Lipinski definition) is 4. The van der Waals surface area contributed by atoms with Gasteiger partial charge in [0.2, 0.25) is 0 Å². The molecule has 164 valence electrons. The molecule has 0 spiro atoms. The summed E-state index contributed by atoms with van der Waals surface area (Å²) in [4.78, 5) is 36.8. The van der Waals surface area contributed by atoms with Crippen molar-refractivity contribution in [2.75, 3.05) is 6.61 Å². The maximum absolute atomic E-state index is 13.4. The Balaban J connectivity index is 1.72. The summed E-state index contributed by atoms with van der Waals surface area (Å²) in [7, 11) is 0. The average Bonchev–Trinajstić information content (AvgIpc) is 2.94. The molecule has 2 unspecified atom stereocenters. The van der Waals surface area contributed by atoms with Gasteiger partial charge in [-0.15, -0.1) is 0 Å². The van der Waals surface area contributed by atoms with E-state index in [0.717, 1.165) is 38.5 Å². The third-order valence-corrected chi connectivity index (χ3v) is 9.75. The van der Waals surface area contributed by atoms with E-state index < -0.39 is 11.4 Å². The fourth-order valence-corrected chi connectivity index (χ4v) is 7.69. The van der Waals surface area contributed by atoms with Crippen LogP contribution in [0.5, 0.6) is 0 Å². The number of ketones is 2. The second kappa shape index (κ2) is 7.17. The number of fused-ring (bicyclic) bond motifs is 5. The number of Topliss-reactive ketones (excluding diaryl/α,β-unsaturated/α-hetero) is 1. The van der Waals surface area contributed by atoms with E-state index in [4.69, 9.17) is 4.74 Å². The minimum atomic E-state index is -0.483. The lowest BCUT2D eigenvalue weighted by Crippen LogP contribution is -2.51. The normalized spacial score (nSPS) is 42.4. The molecule has 0 aliphatic heterocycles. The quantitative estimate of drug-likeness (QED) is 0.470. The van der Waals surface area contributed by atoms with E-state index >= 15 is 0 Å². The fourth-order valence-electron chi connectivity index (χ4n) is 7.69. The van der Waals surface area contributed by atoms with Crippen molar-refractivity contribution in [1.29, 1.82) is 0 Å². The smallest absolute Gasteiger partial charge is 0.303 e. The molecule has 0 amide bonds. The van der Waals surface area contributed by atoms with E-state index in [1.165, 1.54) is 18.1 Å². The lowest BCUT2D eigenvalue weighted by molar-refractivity contribution is -0.153. The maximum Gasteiger partial charge on any atom is 0.303 e. The van der Waals surface area contributed by atoms with Crippen LogP contribution >= 0.6 is 0 Å². The van der Waals surface area contributed by atoms with Crippen LogP contribution in [0.2, 0.25) is 0 Å². The molecule has 30 heavy (non-hydrogen) atoms. The second-order valence-electron chi connectivity index (χ2n) is 10.7.